The Kier molecular flexibility index (Phi) is 7.21. The Morgan fingerprint density at radius 3 is 2.84 bits per heavy atom. The molecule has 2 aromatic heterocycles. The summed E-state index contributed by atoms with van der Waals surface area (Å²) in [4.78, 5) is 9.74. The Morgan fingerprint density at radius 1 is 1.32 bits per heavy atom. The number of nitrogens with zero attached hydrogens (tertiary/aromatic N) is 2. The van der Waals surface area contributed by atoms with Gasteiger partial charge in [-0.3, -0.25) is 0 Å². The van der Waals surface area contributed by atoms with Crippen LogP contribution in [0.1, 0.15) is 31.2 Å². The highest BCUT2D eigenvalue weighted by Crippen LogP contribution is 2.24. The van der Waals surface area contributed by atoms with Crippen LogP contribution in [0.15, 0.2) is 40.8 Å². The van der Waals surface area contributed by atoms with Crippen molar-refractivity contribution in [1.29, 1.82) is 0 Å². The van der Waals surface area contributed by atoms with E-state index in [0.717, 1.165) is 17.0 Å². The molecule has 0 aliphatic heterocycles. The molecule has 136 valence electrons. The molecule has 0 amide bonds. The second-order valence-corrected chi connectivity index (χ2v) is 6.65. The number of hydrogen-bond donors (Lipinski definition) is 3. The van der Waals surface area contributed by atoms with E-state index in [2.05, 4.69) is 20.6 Å². The maximum atomic E-state index is 10.6. The van der Waals surface area contributed by atoms with Crippen molar-refractivity contribution in [2.24, 2.45) is 4.99 Å². The Labute approximate surface area is 153 Å². The lowest BCUT2D eigenvalue weighted by atomic mass is 10.1. The zero-order chi connectivity index (χ0) is 18.1. The maximum absolute atomic E-state index is 10.6. The minimum absolute atomic E-state index is 0.366. The Balaban J connectivity index is 2.03. The predicted octanol–water partition coefficient (Wildman–Crippen LogP) is 2.50. The van der Waals surface area contributed by atoms with Gasteiger partial charge in [-0.2, -0.15) is 0 Å². The van der Waals surface area contributed by atoms with Crippen molar-refractivity contribution in [1.82, 2.24) is 15.6 Å². The first-order valence-corrected chi connectivity index (χ1v) is 9.30. The standard InChI is InChI=1S/C18H26N4O2S/c1-4-19-17(22-13-18(3,23)15-9-7-11-25-15)21-12-14-8-6-10-20-16(14)24-5-2/h6-11,23H,4-5,12-13H2,1-3H3,(H2,19,21,22). The van der Waals surface area contributed by atoms with Gasteiger partial charge in [0.25, 0.3) is 0 Å². The SMILES string of the molecule is CCNC(=NCc1cccnc1OCC)NCC(C)(O)c1cccs1. The molecule has 0 radical (unpaired) electrons. The van der Waals surface area contributed by atoms with Gasteiger partial charge in [0.2, 0.25) is 5.88 Å². The van der Waals surface area contributed by atoms with E-state index in [1.807, 2.05) is 43.5 Å². The molecule has 25 heavy (non-hydrogen) atoms. The van der Waals surface area contributed by atoms with Gasteiger partial charge >= 0.3 is 0 Å². The summed E-state index contributed by atoms with van der Waals surface area (Å²) in [7, 11) is 0. The molecule has 6 nitrogen and oxygen atoms in total. The number of hydrogen-bond acceptors (Lipinski definition) is 5. The molecule has 1 unspecified atom stereocenters. The Morgan fingerprint density at radius 2 is 2.16 bits per heavy atom. The molecule has 2 heterocycles. The summed E-state index contributed by atoms with van der Waals surface area (Å²) in [5.74, 6) is 1.25. The largest absolute Gasteiger partial charge is 0.478 e. The first-order valence-electron chi connectivity index (χ1n) is 8.42. The fourth-order valence-corrected chi connectivity index (χ4v) is 3.03. The van der Waals surface area contributed by atoms with Crippen LogP contribution >= 0.6 is 11.3 Å². The number of rotatable bonds is 8. The van der Waals surface area contributed by atoms with Gasteiger partial charge in [0.05, 0.1) is 19.7 Å². The molecule has 0 aromatic carbocycles. The van der Waals surface area contributed by atoms with Crippen LogP contribution in [0, 0.1) is 0 Å². The summed E-state index contributed by atoms with van der Waals surface area (Å²) in [5.41, 5.74) is -0.0265. The molecule has 3 N–H and O–H groups in total. The van der Waals surface area contributed by atoms with E-state index in [-0.39, 0.29) is 0 Å². The summed E-state index contributed by atoms with van der Waals surface area (Å²) in [5, 5.41) is 19.0. The van der Waals surface area contributed by atoms with Crippen LogP contribution in [0.2, 0.25) is 0 Å². The molecule has 0 saturated heterocycles. The lowest BCUT2D eigenvalue weighted by molar-refractivity contribution is 0.0655. The van der Waals surface area contributed by atoms with Crippen LogP contribution in [0.25, 0.3) is 0 Å². The lowest BCUT2D eigenvalue weighted by Gasteiger charge is -2.23. The van der Waals surface area contributed by atoms with Crippen LogP contribution < -0.4 is 15.4 Å². The van der Waals surface area contributed by atoms with Crippen molar-refractivity contribution in [2.75, 3.05) is 19.7 Å². The molecule has 2 rings (SSSR count). The van der Waals surface area contributed by atoms with E-state index in [9.17, 15) is 5.11 Å². The normalized spacial score (nSPS) is 14.0. The average molecular weight is 362 g/mol. The van der Waals surface area contributed by atoms with Crippen molar-refractivity contribution in [3.05, 3.63) is 46.3 Å². The number of nitrogens with one attached hydrogen (secondary N) is 2. The number of aromatic nitrogens is 1. The molecule has 0 saturated carbocycles. The zero-order valence-electron chi connectivity index (χ0n) is 15.0. The molecule has 0 fully saturated rings. The van der Waals surface area contributed by atoms with Gasteiger partial charge in [-0.05, 0) is 38.3 Å². The van der Waals surface area contributed by atoms with Gasteiger partial charge in [-0.1, -0.05) is 12.1 Å². The van der Waals surface area contributed by atoms with Crippen molar-refractivity contribution in [3.8, 4) is 5.88 Å². The Hall–Kier alpha value is -2.12. The third-order valence-corrected chi connectivity index (χ3v) is 4.66. The highest BCUT2D eigenvalue weighted by molar-refractivity contribution is 7.10. The average Bonchev–Trinajstić information content (AvgIpc) is 3.14. The van der Waals surface area contributed by atoms with Crippen LogP contribution in [0.5, 0.6) is 5.88 Å². The minimum atomic E-state index is -0.949. The smallest absolute Gasteiger partial charge is 0.218 e. The van der Waals surface area contributed by atoms with Crippen molar-refractivity contribution >= 4 is 17.3 Å². The van der Waals surface area contributed by atoms with E-state index in [0.29, 0.717) is 31.5 Å². The first-order chi connectivity index (χ1) is 12.1. The summed E-state index contributed by atoms with van der Waals surface area (Å²) in [6, 6.07) is 7.69. The summed E-state index contributed by atoms with van der Waals surface area (Å²) in [6.07, 6.45) is 1.71. The summed E-state index contributed by atoms with van der Waals surface area (Å²) < 4.78 is 5.53. The van der Waals surface area contributed by atoms with E-state index < -0.39 is 5.60 Å². The van der Waals surface area contributed by atoms with Gasteiger partial charge in [-0.25, -0.2) is 9.98 Å². The number of guanidine groups is 1. The second-order valence-electron chi connectivity index (χ2n) is 5.70. The minimum Gasteiger partial charge on any atom is -0.478 e. The topological polar surface area (TPSA) is 78.8 Å². The molecular formula is C18H26N4O2S. The molecule has 0 bridgehead atoms. The quantitative estimate of drug-likeness (QED) is 0.497. The molecular weight excluding hydrogens is 336 g/mol. The van der Waals surface area contributed by atoms with E-state index in [1.54, 1.807) is 13.1 Å². The van der Waals surface area contributed by atoms with E-state index in [4.69, 9.17) is 4.74 Å². The zero-order valence-corrected chi connectivity index (χ0v) is 15.8. The first kappa shape index (κ1) is 19.2. The predicted molar refractivity (Wildman–Crippen MR) is 102 cm³/mol. The monoisotopic (exact) mass is 362 g/mol. The van der Waals surface area contributed by atoms with Crippen LogP contribution in [-0.4, -0.2) is 35.7 Å². The second kappa shape index (κ2) is 9.39. The Bertz CT molecular complexity index is 671. The fourth-order valence-electron chi connectivity index (χ4n) is 2.25. The summed E-state index contributed by atoms with van der Waals surface area (Å²) >= 11 is 1.54. The van der Waals surface area contributed by atoms with Gasteiger partial charge < -0.3 is 20.5 Å². The number of thiophene rings is 1. The van der Waals surface area contributed by atoms with Crippen molar-refractivity contribution < 1.29 is 9.84 Å². The number of aliphatic imine (C=N–C) groups is 1. The summed E-state index contributed by atoms with van der Waals surface area (Å²) in [6.45, 7) is 7.84. The highest BCUT2D eigenvalue weighted by Gasteiger charge is 2.24. The molecule has 2 aromatic rings. The van der Waals surface area contributed by atoms with Crippen LogP contribution in [0.3, 0.4) is 0 Å². The molecule has 0 aliphatic rings. The maximum Gasteiger partial charge on any atom is 0.218 e. The third kappa shape index (κ3) is 5.72. The number of aliphatic hydroxyl groups is 1. The fraction of sp³-hybridized carbons (Fsp3) is 0.444. The van der Waals surface area contributed by atoms with Crippen LogP contribution in [-0.2, 0) is 12.1 Å². The van der Waals surface area contributed by atoms with Gasteiger partial charge in [-0.15, -0.1) is 11.3 Å². The van der Waals surface area contributed by atoms with E-state index >= 15 is 0 Å². The van der Waals surface area contributed by atoms with Gasteiger partial charge in [0, 0.05) is 23.2 Å². The van der Waals surface area contributed by atoms with E-state index in [1.165, 1.54) is 11.3 Å². The van der Waals surface area contributed by atoms with Crippen molar-refractivity contribution in [2.45, 2.75) is 32.9 Å². The molecule has 0 aliphatic carbocycles. The third-order valence-electron chi connectivity index (χ3n) is 3.53. The van der Waals surface area contributed by atoms with Gasteiger partial charge in [0.15, 0.2) is 5.96 Å². The van der Waals surface area contributed by atoms with Crippen molar-refractivity contribution in [3.63, 3.8) is 0 Å². The highest BCUT2D eigenvalue weighted by atomic mass is 32.1. The molecule has 7 heteroatoms. The van der Waals surface area contributed by atoms with Crippen LogP contribution in [0.4, 0.5) is 0 Å². The number of pyridine rings is 1. The lowest BCUT2D eigenvalue weighted by Crippen LogP contribution is -2.44. The number of ether oxygens (including phenoxy) is 1. The van der Waals surface area contributed by atoms with Gasteiger partial charge in [0.1, 0.15) is 5.60 Å². The molecule has 1 atom stereocenters. The molecule has 0 spiro atoms.